The maximum atomic E-state index is 9.30. The van der Waals surface area contributed by atoms with Crippen molar-refractivity contribution in [3.63, 3.8) is 0 Å². The normalized spacial score (nSPS) is 3.50. The van der Waals surface area contributed by atoms with Gasteiger partial charge in [0.25, 0.3) is 0 Å². The summed E-state index contributed by atoms with van der Waals surface area (Å²) in [5, 5.41) is 0. The Kier molecular flexibility index (Phi) is 4.14. The summed E-state index contributed by atoms with van der Waals surface area (Å²) in [6.07, 6.45) is 0. The van der Waals surface area contributed by atoms with E-state index < -0.39 is 0 Å². The molecular weight excluding hydrogens is 104 g/mol. The SMILES string of the molecule is O=C=C=C=C=C=C=O. The van der Waals surface area contributed by atoms with Gasteiger partial charge in [-0.05, 0) is 0 Å². The lowest BCUT2D eigenvalue weighted by Crippen LogP contribution is -1.31. The highest BCUT2D eigenvalue weighted by Crippen LogP contribution is 1.42. The second-order valence-corrected chi connectivity index (χ2v) is 0.704. The van der Waals surface area contributed by atoms with Crippen molar-refractivity contribution in [3.05, 3.63) is 22.9 Å². The van der Waals surface area contributed by atoms with Crippen LogP contribution in [0.5, 0.6) is 0 Å². The van der Waals surface area contributed by atoms with Crippen LogP contribution in [0, 0.1) is 0 Å². The molecule has 0 heterocycles. The molecule has 0 aliphatic carbocycles. The average molecular weight is 104 g/mol. The van der Waals surface area contributed by atoms with E-state index in [1.165, 1.54) is 11.9 Å². The number of hydrogen-bond donors (Lipinski definition) is 0. The van der Waals surface area contributed by atoms with Crippen molar-refractivity contribution in [3.8, 4) is 0 Å². The molecule has 0 saturated carbocycles. The van der Waals surface area contributed by atoms with E-state index in [-0.39, 0.29) is 0 Å². The number of hydrogen-bond acceptors (Lipinski definition) is 2. The van der Waals surface area contributed by atoms with Crippen LogP contribution in [0.2, 0.25) is 0 Å². The minimum absolute atomic E-state index is 1.28. The van der Waals surface area contributed by atoms with Crippen molar-refractivity contribution in [1.82, 2.24) is 0 Å². The van der Waals surface area contributed by atoms with E-state index in [1.54, 1.807) is 0 Å². The zero-order valence-electron chi connectivity index (χ0n) is 3.82. The average Bonchev–Trinajstić information content (AvgIpc) is 1.81. The molecule has 2 nitrogen and oxygen atoms in total. The van der Waals surface area contributed by atoms with Crippen LogP contribution < -0.4 is 0 Å². The zero-order valence-corrected chi connectivity index (χ0v) is 3.82. The number of rotatable bonds is 0. The Morgan fingerprint density at radius 2 is 1.00 bits per heavy atom. The van der Waals surface area contributed by atoms with Gasteiger partial charge in [-0.2, -0.15) is 0 Å². The quantitative estimate of drug-likeness (QED) is 0.315. The largest absolute Gasteiger partial charge is 0.223 e. The van der Waals surface area contributed by atoms with Gasteiger partial charge in [0.2, 0.25) is 0 Å². The summed E-state index contributed by atoms with van der Waals surface area (Å²) in [5.74, 6) is 2.57. The summed E-state index contributed by atoms with van der Waals surface area (Å²) in [7, 11) is 0. The van der Waals surface area contributed by atoms with Crippen molar-refractivity contribution >= 4 is 11.9 Å². The summed E-state index contributed by atoms with van der Waals surface area (Å²) >= 11 is 0. The first-order chi connectivity index (χ1) is 3.91. The molecule has 0 spiro atoms. The Morgan fingerprint density at radius 3 is 1.25 bits per heavy atom. The van der Waals surface area contributed by atoms with Crippen LogP contribution in [0.25, 0.3) is 0 Å². The summed E-state index contributed by atoms with van der Waals surface area (Å²) < 4.78 is 0. The second kappa shape index (κ2) is 5.28. The maximum Gasteiger partial charge on any atom is 0.186 e. The summed E-state index contributed by atoms with van der Waals surface area (Å²) in [4.78, 5) is 18.6. The van der Waals surface area contributed by atoms with Gasteiger partial charge < -0.3 is 0 Å². The van der Waals surface area contributed by atoms with E-state index in [1.807, 2.05) is 22.9 Å². The fraction of sp³-hybridized carbons (Fsp3) is 0. The topological polar surface area (TPSA) is 34.1 Å². The van der Waals surface area contributed by atoms with E-state index in [2.05, 4.69) is 0 Å². The molecule has 36 valence electrons. The molecule has 2 heteroatoms. The third kappa shape index (κ3) is 4.28. The van der Waals surface area contributed by atoms with Gasteiger partial charge in [0.05, 0.1) is 0 Å². The van der Waals surface area contributed by atoms with Crippen molar-refractivity contribution < 1.29 is 9.59 Å². The zero-order chi connectivity index (χ0) is 6.24. The highest BCUT2D eigenvalue weighted by molar-refractivity contribution is 5.44. The van der Waals surface area contributed by atoms with Crippen molar-refractivity contribution in [2.45, 2.75) is 0 Å². The first-order valence-corrected chi connectivity index (χ1v) is 1.66. The fourth-order valence-corrected chi connectivity index (χ4v) is 0.114. The summed E-state index contributed by atoms with van der Waals surface area (Å²) in [6.45, 7) is 0. The lowest BCUT2D eigenvalue weighted by Gasteiger charge is -1.30. The molecule has 0 aliphatic heterocycles. The maximum absolute atomic E-state index is 9.30. The third-order valence-corrected chi connectivity index (χ3v) is 0.290. The standard InChI is InChI=1S/C6O2/c7-5-3-1-2-4-6-8. The first kappa shape index (κ1) is 6.28. The molecule has 0 aromatic carbocycles. The molecular formula is C6O2. The molecule has 0 N–H and O–H groups in total. The molecule has 0 aliphatic rings. The van der Waals surface area contributed by atoms with Gasteiger partial charge in [-0.15, -0.1) is 0 Å². The van der Waals surface area contributed by atoms with Crippen LogP contribution in [0.1, 0.15) is 0 Å². The van der Waals surface area contributed by atoms with Crippen molar-refractivity contribution in [1.29, 1.82) is 0 Å². The van der Waals surface area contributed by atoms with Crippen LogP contribution >= 0.6 is 0 Å². The molecule has 0 bridgehead atoms. The molecule has 0 saturated heterocycles. The smallest absolute Gasteiger partial charge is 0.186 e. The second-order valence-electron chi connectivity index (χ2n) is 0.704. The molecule has 0 rings (SSSR count). The molecule has 0 amide bonds. The van der Waals surface area contributed by atoms with Gasteiger partial charge in [0, 0.05) is 22.9 Å². The summed E-state index contributed by atoms with van der Waals surface area (Å²) in [6, 6.07) is 0. The molecule has 0 unspecified atom stereocenters. The first-order valence-electron chi connectivity index (χ1n) is 1.66. The third-order valence-electron chi connectivity index (χ3n) is 0.290. The van der Waals surface area contributed by atoms with Crippen LogP contribution in [-0.2, 0) is 9.59 Å². The van der Waals surface area contributed by atoms with E-state index in [4.69, 9.17) is 0 Å². The fourth-order valence-electron chi connectivity index (χ4n) is 0.114. The van der Waals surface area contributed by atoms with Gasteiger partial charge >= 0.3 is 0 Å². The Hall–Kier alpha value is -1.72. The van der Waals surface area contributed by atoms with Gasteiger partial charge in [-0.25, -0.2) is 9.59 Å². The Labute approximate surface area is 45.4 Å². The van der Waals surface area contributed by atoms with E-state index in [0.717, 1.165) is 0 Å². The van der Waals surface area contributed by atoms with Crippen LogP contribution in [-0.4, -0.2) is 11.9 Å². The van der Waals surface area contributed by atoms with Gasteiger partial charge in [0.15, 0.2) is 11.9 Å². The predicted molar refractivity (Wildman–Crippen MR) is 25.4 cm³/mol. The lowest BCUT2D eigenvalue weighted by molar-refractivity contribution is 0.568. The van der Waals surface area contributed by atoms with Crippen molar-refractivity contribution in [2.75, 3.05) is 0 Å². The minimum Gasteiger partial charge on any atom is -0.223 e. The molecule has 0 aromatic rings. The van der Waals surface area contributed by atoms with E-state index in [9.17, 15) is 9.59 Å². The highest BCUT2D eigenvalue weighted by atomic mass is 16.1. The Bertz CT molecular complexity index is 236. The number of carbonyl (C=O) groups excluding carboxylic acids is 2. The van der Waals surface area contributed by atoms with Gasteiger partial charge in [0.1, 0.15) is 0 Å². The molecule has 0 fully saturated rings. The van der Waals surface area contributed by atoms with Crippen LogP contribution in [0.4, 0.5) is 0 Å². The predicted octanol–water partition coefficient (Wildman–Crippen LogP) is -0.174. The Balaban J connectivity index is 5.06. The lowest BCUT2D eigenvalue weighted by atomic mass is 10.7. The highest BCUT2D eigenvalue weighted by Gasteiger charge is 1.37. The van der Waals surface area contributed by atoms with Gasteiger partial charge in [-0.1, -0.05) is 0 Å². The summed E-state index contributed by atoms with van der Waals surface area (Å²) in [5.41, 5.74) is 7.83. The Morgan fingerprint density at radius 1 is 0.625 bits per heavy atom. The molecule has 0 aromatic heterocycles. The molecule has 8 heavy (non-hydrogen) atoms. The molecule has 0 radical (unpaired) electrons. The minimum atomic E-state index is 1.28. The van der Waals surface area contributed by atoms with E-state index in [0.29, 0.717) is 0 Å². The van der Waals surface area contributed by atoms with E-state index >= 15 is 0 Å². The monoisotopic (exact) mass is 104 g/mol. The molecule has 0 atom stereocenters. The van der Waals surface area contributed by atoms with Crippen LogP contribution in [0.3, 0.4) is 0 Å². The van der Waals surface area contributed by atoms with Gasteiger partial charge in [-0.3, -0.25) is 0 Å². The van der Waals surface area contributed by atoms with Crippen molar-refractivity contribution in [2.24, 2.45) is 0 Å². The van der Waals surface area contributed by atoms with Crippen LogP contribution in [0.15, 0.2) is 22.9 Å².